The number of hydrogen-bond acceptors (Lipinski definition) is 2. The van der Waals surface area contributed by atoms with Gasteiger partial charge in [-0.3, -0.25) is 4.79 Å². The van der Waals surface area contributed by atoms with Crippen LogP contribution in [0, 0.1) is 0 Å². The first-order chi connectivity index (χ1) is 8.22. The topological polar surface area (TPSA) is 29.5 Å². The lowest BCUT2D eigenvalue weighted by molar-refractivity contribution is -0.132. The van der Waals surface area contributed by atoms with Crippen molar-refractivity contribution in [3.63, 3.8) is 0 Å². The van der Waals surface area contributed by atoms with E-state index in [1.165, 1.54) is 0 Å². The lowest BCUT2D eigenvalue weighted by atomic mass is 10.1. The number of aryl methyl sites for hydroxylation is 1. The van der Waals surface area contributed by atoms with Crippen molar-refractivity contribution in [3.8, 4) is 5.75 Å². The highest BCUT2D eigenvalue weighted by atomic mass is 16.5. The molecule has 0 radical (unpaired) electrons. The number of hydrogen-bond donors (Lipinski definition) is 0. The average Bonchev–Trinajstić information content (AvgIpc) is 3.19. The van der Waals surface area contributed by atoms with Gasteiger partial charge in [-0.25, -0.2) is 0 Å². The summed E-state index contributed by atoms with van der Waals surface area (Å²) in [6.45, 7) is 2.23. The van der Waals surface area contributed by atoms with Crippen molar-refractivity contribution in [3.05, 3.63) is 29.8 Å². The first kappa shape index (κ1) is 12.0. The number of para-hydroxylation sites is 1. The molecule has 1 aromatic rings. The van der Waals surface area contributed by atoms with Gasteiger partial charge in [-0.2, -0.15) is 0 Å². The molecule has 0 unspecified atom stereocenters. The second-order valence-electron chi connectivity index (χ2n) is 4.49. The van der Waals surface area contributed by atoms with Crippen molar-refractivity contribution < 1.29 is 9.53 Å². The molecule has 1 aromatic carbocycles. The third-order valence-electron chi connectivity index (χ3n) is 3.19. The van der Waals surface area contributed by atoms with Gasteiger partial charge in [0, 0.05) is 13.1 Å². The normalized spacial score (nSPS) is 14.5. The monoisotopic (exact) mass is 233 g/mol. The highest BCUT2D eigenvalue weighted by Crippen LogP contribution is 2.25. The van der Waals surface area contributed by atoms with Crippen LogP contribution in [0.4, 0.5) is 0 Å². The molecule has 3 heteroatoms. The fourth-order valence-corrected chi connectivity index (χ4v) is 1.84. The number of nitrogens with zero attached hydrogens (tertiary/aromatic N) is 1. The van der Waals surface area contributed by atoms with E-state index >= 15 is 0 Å². The number of ether oxygens (including phenoxy) is 1. The standard InChI is InChI=1S/C14H19NO2/c1-3-11-6-4-5-7-13(11)17-10-14(16)15(2)12-8-9-12/h4-7,12H,3,8-10H2,1-2H3. The Labute approximate surface area is 102 Å². The van der Waals surface area contributed by atoms with E-state index < -0.39 is 0 Å². The molecule has 1 amide bonds. The molecule has 1 aliphatic carbocycles. The minimum atomic E-state index is 0.0680. The summed E-state index contributed by atoms with van der Waals surface area (Å²) in [5, 5.41) is 0. The predicted molar refractivity (Wildman–Crippen MR) is 67.1 cm³/mol. The Hall–Kier alpha value is -1.51. The molecule has 0 atom stereocenters. The van der Waals surface area contributed by atoms with Crippen LogP contribution in [-0.4, -0.2) is 30.5 Å². The van der Waals surface area contributed by atoms with Crippen LogP contribution in [0.3, 0.4) is 0 Å². The van der Waals surface area contributed by atoms with Gasteiger partial charge in [-0.05, 0) is 30.9 Å². The average molecular weight is 233 g/mol. The summed E-state index contributed by atoms with van der Waals surface area (Å²) in [5.41, 5.74) is 1.15. The van der Waals surface area contributed by atoms with Gasteiger partial charge in [0.25, 0.3) is 5.91 Å². The molecule has 0 aromatic heterocycles. The van der Waals surface area contributed by atoms with Crippen LogP contribution in [0.5, 0.6) is 5.75 Å². The lowest BCUT2D eigenvalue weighted by Crippen LogP contribution is -2.33. The smallest absolute Gasteiger partial charge is 0.260 e. The largest absolute Gasteiger partial charge is 0.483 e. The number of benzene rings is 1. The first-order valence-corrected chi connectivity index (χ1v) is 6.18. The number of amides is 1. The van der Waals surface area contributed by atoms with Crippen molar-refractivity contribution in [2.45, 2.75) is 32.2 Å². The Morgan fingerprint density at radius 1 is 1.41 bits per heavy atom. The molecule has 1 aliphatic rings. The molecular formula is C14H19NO2. The molecular weight excluding hydrogens is 214 g/mol. The van der Waals surface area contributed by atoms with Gasteiger partial charge >= 0.3 is 0 Å². The Kier molecular flexibility index (Phi) is 3.67. The maximum Gasteiger partial charge on any atom is 0.260 e. The van der Waals surface area contributed by atoms with Crippen molar-refractivity contribution in [1.29, 1.82) is 0 Å². The Bertz CT molecular complexity index is 399. The van der Waals surface area contributed by atoms with Crippen LogP contribution in [0.25, 0.3) is 0 Å². The molecule has 0 spiro atoms. The molecule has 0 N–H and O–H groups in total. The van der Waals surface area contributed by atoms with Crippen LogP contribution < -0.4 is 4.74 Å². The fraction of sp³-hybridized carbons (Fsp3) is 0.500. The maximum absolute atomic E-state index is 11.8. The number of likely N-dealkylation sites (N-methyl/N-ethyl adjacent to an activating group) is 1. The van der Waals surface area contributed by atoms with Gasteiger partial charge in [-0.15, -0.1) is 0 Å². The van der Waals surface area contributed by atoms with Crippen LogP contribution in [0.2, 0.25) is 0 Å². The Morgan fingerprint density at radius 3 is 2.76 bits per heavy atom. The summed E-state index contributed by atoms with van der Waals surface area (Å²) in [5.74, 6) is 0.894. The molecule has 0 bridgehead atoms. The van der Waals surface area contributed by atoms with E-state index in [1.807, 2.05) is 31.3 Å². The van der Waals surface area contributed by atoms with E-state index in [2.05, 4.69) is 6.92 Å². The van der Waals surface area contributed by atoms with Gasteiger partial charge in [0.1, 0.15) is 5.75 Å². The Balaban J connectivity index is 1.90. The van der Waals surface area contributed by atoms with Crippen molar-refractivity contribution in [2.24, 2.45) is 0 Å². The minimum Gasteiger partial charge on any atom is -0.483 e. The fourth-order valence-electron chi connectivity index (χ4n) is 1.84. The summed E-state index contributed by atoms with van der Waals surface area (Å²) in [6.07, 6.45) is 3.18. The summed E-state index contributed by atoms with van der Waals surface area (Å²) in [4.78, 5) is 13.6. The second kappa shape index (κ2) is 5.21. The quantitative estimate of drug-likeness (QED) is 0.780. The zero-order valence-corrected chi connectivity index (χ0v) is 10.5. The summed E-state index contributed by atoms with van der Waals surface area (Å²) in [6, 6.07) is 8.33. The van der Waals surface area contributed by atoms with E-state index in [0.29, 0.717) is 6.04 Å². The van der Waals surface area contributed by atoms with Crippen molar-refractivity contribution in [1.82, 2.24) is 4.90 Å². The first-order valence-electron chi connectivity index (χ1n) is 6.18. The molecule has 2 rings (SSSR count). The maximum atomic E-state index is 11.8. The van der Waals surface area contributed by atoms with Gasteiger partial charge < -0.3 is 9.64 Å². The third kappa shape index (κ3) is 2.99. The van der Waals surface area contributed by atoms with Crippen LogP contribution >= 0.6 is 0 Å². The Morgan fingerprint density at radius 2 is 2.12 bits per heavy atom. The highest BCUT2D eigenvalue weighted by Gasteiger charge is 2.29. The molecule has 0 heterocycles. The molecule has 17 heavy (non-hydrogen) atoms. The van der Waals surface area contributed by atoms with Crippen molar-refractivity contribution in [2.75, 3.05) is 13.7 Å². The van der Waals surface area contributed by atoms with Gasteiger partial charge in [0.15, 0.2) is 6.61 Å². The lowest BCUT2D eigenvalue weighted by Gasteiger charge is -2.17. The zero-order valence-electron chi connectivity index (χ0n) is 10.5. The van der Waals surface area contributed by atoms with E-state index in [9.17, 15) is 4.79 Å². The SMILES string of the molecule is CCc1ccccc1OCC(=O)N(C)C1CC1. The summed E-state index contributed by atoms with van der Waals surface area (Å²) < 4.78 is 5.60. The summed E-state index contributed by atoms with van der Waals surface area (Å²) >= 11 is 0. The van der Waals surface area contributed by atoms with Crippen LogP contribution in [0.1, 0.15) is 25.3 Å². The van der Waals surface area contributed by atoms with Gasteiger partial charge in [-0.1, -0.05) is 25.1 Å². The molecule has 1 saturated carbocycles. The third-order valence-corrected chi connectivity index (χ3v) is 3.19. The van der Waals surface area contributed by atoms with Gasteiger partial charge in [0.2, 0.25) is 0 Å². The van der Waals surface area contributed by atoms with Crippen LogP contribution in [0.15, 0.2) is 24.3 Å². The molecule has 0 aliphatic heterocycles. The minimum absolute atomic E-state index is 0.0680. The summed E-state index contributed by atoms with van der Waals surface area (Å²) in [7, 11) is 1.86. The predicted octanol–water partition coefficient (Wildman–Crippen LogP) is 2.25. The molecule has 1 fully saturated rings. The molecule has 0 saturated heterocycles. The second-order valence-corrected chi connectivity index (χ2v) is 4.49. The molecule has 3 nitrogen and oxygen atoms in total. The van der Waals surface area contributed by atoms with E-state index in [1.54, 1.807) is 4.90 Å². The number of carbonyl (C=O) groups excluding carboxylic acids is 1. The number of carbonyl (C=O) groups is 1. The molecule has 92 valence electrons. The van der Waals surface area contributed by atoms with Crippen LogP contribution in [-0.2, 0) is 11.2 Å². The highest BCUT2D eigenvalue weighted by molar-refractivity contribution is 5.78. The zero-order chi connectivity index (χ0) is 12.3. The van der Waals surface area contributed by atoms with E-state index in [-0.39, 0.29) is 12.5 Å². The number of rotatable bonds is 5. The van der Waals surface area contributed by atoms with E-state index in [0.717, 1.165) is 30.6 Å². The van der Waals surface area contributed by atoms with Gasteiger partial charge in [0.05, 0.1) is 0 Å². The van der Waals surface area contributed by atoms with Crippen molar-refractivity contribution >= 4 is 5.91 Å². The van der Waals surface area contributed by atoms with E-state index in [4.69, 9.17) is 4.74 Å².